The van der Waals surface area contributed by atoms with Crippen molar-refractivity contribution >= 4 is 39.4 Å². The number of halogens is 1. The lowest BCUT2D eigenvalue weighted by Gasteiger charge is -2.43. The first-order valence-corrected chi connectivity index (χ1v) is 10.8. The van der Waals surface area contributed by atoms with E-state index in [1.807, 2.05) is 64.0 Å². The molecule has 6 rings (SSSR count). The number of piperidine rings is 1. The molecule has 2 aromatic heterocycles. The van der Waals surface area contributed by atoms with Gasteiger partial charge in [-0.1, -0.05) is 58.4 Å². The number of nitrogens with zero attached hydrogens (tertiary/aromatic N) is 7. The van der Waals surface area contributed by atoms with E-state index in [1.165, 1.54) is 0 Å². The SMILES string of the molecule is Clc1ccccc1N1C(n2nnc3ccccc32)CCCC1n1nnc2ccccc21. The smallest absolute Gasteiger partial charge is 0.127 e. The summed E-state index contributed by atoms with van der Waals surface area (Å²) in [6.45, 7) is 0. The van der Waals surface area contributed by atoms with Gasteiger partial charge in [-0.2, -0.15) is 0 Å². The molecule has 1 saturated heterocycles. The Morgan fingerprint density at radius 1 is 0.677 bits per heavy atom. The topological polar surface area (TPSA) is 64.7 Å². The van der Waals surface area contributed by atoms with Gasteiger partial charge in [0.25, 0.3) is 0 Å². The van der Waals surface area contributed by atoms with Crippen molar-refractivity contribution < 1.29 is 0 Å². The monoisotopic (exact) mass is 429 g/mol. The second kappa shape index (κ2) is 7.35. The summed E-state index contributed by atoms with van der Waals surface area (Å²) in [4.78, 5) is 2.33. The van der Waals surface area contributed by atoms with Gasteiger partial charge in [-0.05, 0) is 55.7 Å². The third-order valence-corrected chi connectivity index (χ3v) is 6.34. The van der Waals surface area contributed by atoms with Gasteiger partial charge >= 0.3 is 0 Å². The van der Waals surface area contributed by atoms with Crippen LogP contribution in [0.25, 0.3) is 22.1 Å². The van der Waals surface area contributed by atoms with Gasteiger partial charge in [0.05, 0.1) is 21.7 Å². The van der Waals surface area contributed by atoms with E-state index in [2.05, 4.69) is 43.7 Å². The van der Waals surface area contributed by atoms with Crippen molar-refractivity contribution in [3.8, 4) is 0 Å². The summed E-state index contributed by atoms with van der Waals surface area (Å²) >= 11 is 6.72. The molecule has 7 nitrogen and oxygen atoms in total. The Morgan fingerprint density at radius 3 is 1.77 bits per heavy atom. The number of fused-ring (bicyclic) bond motifs is 2. The van der Waals surface area contributed by atoms with Gasteiger partial charge in [0.1, 0.15) is 23.4 Å². The molecule has 0 saturated carbocycles. The number of rotatable bonds is 3. The second-order valence-electron chi connectivity index (χ2n) is 7.80. The molecule has 1 aliphatic rings. The molecule has 0 amide bonds. The Morgan fingerprint density at radius 2 is 1.19 bits per heavy atom. The van der Waals surface area contributed by atoms with Crippen molar-refractivity contribution in [3.05, 3.63) is 77.8 Å². The lowest BCUT2D eigenvalue weighted by molar-refractivity contribution is 0.247. The van der Waals surface area contributed by atoms with E-state index in [4.69, 9.17) is 11.6 Å². The highest BCUT2D eigenvalue weighted by molar-refractivity contribution is 6.33. The summed E-state index contributed by atoms with van der Waals surface area (Å²) in [5.41, 5.74) is 4.74. The minimum Gasteiger partial charge on any atom is -0.326 e. The number of aromatic nitrogens is 6. The van der Waals surface area contributed by atoms with Crippen LogP contribution in [0.5, 0.6) is 0 Å². The molecule has 154 valence electrons. The summed E-state index contributed by atoms with van der Waals surface area (Å²) in [6, 6.07) is 24.1. The summed E-state index contributed by atoms with van der Waals surface area (Å²) in [5, 5.41) is 18.6. The molecule has 1 aliphatic heterocycles. The molecule has 2 atom stereocenters. The fourth-order valence-electron chi connectivity index (χ4n) is 4.64. The Labute approximate surface area is 183 Å². The molecule has 31 heavy (non-hydrogen) atoms. The highest BCUT2D eigenvalue weighted by Crippen LogP contribution is 2.43. The van der Waals surface area contributed by atoms with Crippen molar-refractivity contribution in [2.45, 2.75) is 31.6 Å². The zero-order valence-electron chi connectivity index (χ0n) is 16.7. The van der Waals surface area contributed by atoms with Crippen molar-refractivity contribution in [1.29, 1.82) is 0 Å². The van der Waals surface area contributed by atoms with E-state index in [-0.39, 0.29) is 12.3 Å². The molecule has 0 radical (unpaired) electrons. The van der Waals surface area contributed by atoms with Crippen LogP contribution in [-0.2, 0) is 0 Å². The zero-order chi connectivity index (χ0) is 20.8. The van der Waals surface area contributed by atoms with Gasteiger partial charge in [0.15, 0.2) is 0 Å². The lowest BCUT2D eigenvalue weighted by atomic mass is 10.0. The predicted molar refractivity (Wildman–Crippen MR) is 121 cm³/mol. The van der Waals surface area contributed by atoms with E-state index in [1.54, 1.807) is 0 Å². The van der Waals surface area contributed by atoms with Crippen LogP contribution in [0.1, 0.15) is 31.6 Å². The van der Waals surface area contributed by atoms with Crippen molar-refractivity contribution in [2.24, 2.45) is 0 Å². The molecule has 0 bridgehead atoms. The third kappa shape index (κ3) is 2.96. The van der Waals surface area contributed by atoms with Crippen LogP contribution in [-0.4, -0.2) is 30.0 Å². The number of anilines is 1. The normalized spacial score (nSPS) is 19.3. The minimum absolute atomic E-state index is 0.0472. The molecule has 0 spiro atoms. The quantitative estimate of drug-likeness (QED) is 0.393. The number of hydrogen-bond donors (Lipinski definition) is 0. The van der Waals surface area contributed by atoms with Gasteiger partial charge < -0.3 is 4.90 Å². The van der Waals surface area contributed by atoms with E-state index < -0.39 is 0 Å². The first kappa shape index (κ1) is 18.3. The number of hydrogen-bond acceptors (Lipinski definition) is 5. The molecule has 1 fully saturated rings. The molecular weight excluding hydrogens is 410 g/mol. The first-order chi connectivity index (χ1) is 15.3. The van der Waals surface area contributed by atoms with Crippen molar-refractivity contribution in [3.63, 3.8) is 0 Å². The molecular formula is C23H20ClN7. The Balaban J connectivity index is 1.55. The molecule has 0 aliphatic carbocycles. The summed E-state index contributed by atoms with van der Waals surface area (Å²) < 4.78 is 4.04. The molecule has 3 heterocycles. The van der Waals surface area contributed by atoms with Crippen LogP contribution >= 0.6 is 11.6 Å². The zero-order valence-corrected chi connectivity index (χ0v) is 17.5. The largest absolute Gasteiger partial charge is 0.326 e. The lowest BCUT2D eigenvalue weighted by Crippen LogP contribution is -2.43. The fraction of sp³-hybridized carbons (Fsp3) is 0.217. The van der Waals surface area contributed by atoms with E-state index in [9.17, 15) is 0 Å². The van der Waals surface area contributed by atoms with Gasteiger partial charge in [-0.3, -0.25) is 0 Å². The van der Waals surface area contributed by atoms with E-state index >= 15 is 0 Å². The molecule has 8 heteroatoms. The Bertz CT molecular complexity index is 1290. The number of para-hydroxylation sites is 3. The van der Waals surface area contributed by atoms with Crippen LogP contribution in [0.2, 0.25) is 5.02 Å². The second-order valence-corrected chi connectivity index (χ2v) is 8.20. The first-order valence-electron chi connectivity index (χ1n) is 10.4. The minimum atomic E-state index is -0.0472. The third-order valence-electron chi connectivity index (χ3n) is 6.02. The summed E-state index contributed by atoms with van der Waals surface area (Å²) in [5.74, 6) is 0. The highest BCUT2D eigenvalue weighted by Gasteiger charge is 2.36. The Kier molecular flexibility index (Phi) is 4.35. The van der Waals surface area contributed by atoms with Gasteiger partial charge in [0, 0.05) is 0 Å². The maximum atomic E-state index is 6.72. The van der Waals surface area contributed by atoms with Crippen molar-refractivity contribution in [1.82, 2.24) is 30.0 Å². The summed E-state index contributed by atoms with van der Waals surface area (Å²) in [7, 11) is 0. The van der Waals surface area contributed by atoms with E-state index in [0.29, 0.717) is 5.02 Å². The average molecular weight is 430 g/mol. The van der Waals surface area contributed by atoms with Crippen LogP contribution in [0.3, 0.4) is 0 Å². The van der Waals surface area contributed by atoms with Crippen LogP contribution in [0.4, 0.5) is 5.69 Å². The average Bonchev–Trinajstić information content (AvgIpc) is 3.44. The molecule has 0 N–H and O–H groups in total. The molecule has 5 aromatic rings. The predicted octanol–water partition coefficient (Wildman–Crippen LogP) is 5.22. The molecule has 3 aromatic carbocycles. The standard InChI is InChI=1S/C23H20ClN7/c24-16-8-1-4-11-19(16)29-22(30-20-12-5-2-9-17(20)25-27-30)14-7-15-23(29)31-21-13-6-3-10-18(21)26-28-31/h1-6,8-13,22-23H,7,14-15H2. The maximum absolute atomic E-state index is 6.72. The Hall–Kier alpha value is -3.45. The molecule has 2 unspecified atom stereocenters. The highest BCUT2D eigenvalue weighted by atomic mass is 35.5. The fourth-order valence-corrected chi connectivity index (χ4v) is 4.87. The van der Waals surface area contributed by atoms with Gasteiger partial charge in [-0.25, -0.2) is 9.36 Å². The maximum Gasteiger partial charge on any atom is 0.127 e. The van der Waals surface area contributed by atoms with Gasteiger partial charge in [-0.15, -0.1) is 10.2 Å². The van der Waals surface area contributed by atoms with Crippen LogP contribution in [0, 0.1) is 0 Å². The van der Waals surface area contributed by atoms with Gasteiger partial charge in [0.2, 0.25) is 0 Å². The van der Waals surface area contributed by atoms with Crippen molar-refractivity contribution in [2.75, 3.05) is 4.90 Å². The van der Waals surface area contributed by atoms with Crippen LogP contribution in [0.15, 0.2) is 72.8 Å². The van der Waals surface area contributed by atoms with Crippen LogP contribution < -0.4 is 4.90 Å². The van der Waals surface area contributed by atoms with E-state index in [0.717, 1.165) is 47.0 Å². The number of benzene rings is 3. The summed E-state index contributed by atoms with van der Waals surface area (Å²) in [6.07, 6.45) is 2.80.